The smallest absolute Gasteiger partial charge is 0.345 e. The number of halogens is 2. The maximum absolute atomic E-state index is 10.7. The lowest BCUT2D eigenvalue weighted by molar-refractivity contribution is 0.0702. The lowest BCUT2D eigenvalue weighted by Gasteiger charge is -2.00. The van der Waals surface area contributed by atoms with Crippen molar-refractivity contribution in [3.63, 3.8) is 0 Å². The van der Waals surface area contributed by atoms with Gasteiger partial charge in [0.25, 0.3) is 0 Å². The highest BCUT2D eigenvalue weighted by Gasteiger charge is 2.12. The van der Waals surface area contributed by atoms with E-state index in [1.54, 1.807) is 6.07 Å². The third kappa shape index (κ3) is 4.67. The van der Waals surface area contributed by atoms with Crippen LogP contribution < -0.4 is 10.6 Å². The van der Waals surface area contributed by atoms with Gasteiger partial charge in [0, 0.05) is 18.0 Å². The maximum atomic E-state index is 10.7. The average Bonchev–Trinajstić information content (AvgIpc) is 2.50. The molecule has 0 saturated heterocycles. The van der Waals surface area contributed by atoms with E-state index in [0.29, 0.717) is 11.4 Å². The van der Waals surface area contributed by atoms with Crippen molar-refractivity contribution < 1.29 is 9.90 Å². The summed E-state index contributed by atoms with van der Waals surface area (Å²) in [4.78, 5) is 12.2. The van der Waals surface area contributed by atoms with Gasteiger partial charge in [0.05, 0.1) is 0 Å². The van der Waals surface area contributed by atoms with Crippen LogP contribution in [0.2, 0.25) is 0 Å². The van der Waals surface area contributed by atoms with Crippen LogP contribution in [-0.2, 0) is 13.1 Å². The van der Waals surface area contributed by atoms with Crippen LogP contribution in [0.5, 0.6) is 0 Å². The molecule has 94 valence electrons. The van der Waals surface area contributed by atoms with Crippen LogP contribution in [0.4, 0.5) is 0 Å². The van der Waals surface area contributed by atoms with Crippen molar-refractivity contribution in [2.75, 3.05) is 14.1 Å². The Hall–Kier alpha value is -0.330. The Morgan fingerprint density at radius 1 is 1.31 bits per heavy atom. The summed E-state index contributed by atoms with van der Waals surface area (Å²) in [5.74, 6) is -0.852. The molecule has 0 spiro atoms. The summed E-state index contributed by atoms with van der Waals surface area (Å²) in [6.07, 6.45) is 0. The van der Waals surface area contributed by atoms with Crippen molar-refractivity contribution in [3.05, 3.63) is 21.4 Å². The molecule has 0 aliphatic heterocycles. The van der Waals surface area contributed by atoms with Gasteiger partial charge >= 0.3 is 5.97 Å². The minimum atomic E-state index is -0.852. The first-order valence-electron chi connectivity index (χ1n) is 4.33. The van der Waals surface area contributed by atoms with Crippen LogP contribution in [0.3, 0.4) is 0 Å². The van der Waals surface area contributed by atoms with Crippen molar-refractivity contribution in [2.24, 2.45) is 0 Å². The molecule has 0 aliphatic carbocycles. The highest BCUT2D eigenvalue weighted by atomic mass is 35.5. The number of carboxylic acid groups (broad SMARTS) is 1. The third-order valence-corrected chi connectivity index (χ3v) is 2.98. The molecule has 1 heterocycles. The van der Waals surface area contributed by atoms with Gasteiger partial charge in [-0.25, -0.2) is 4.79 Å². The largest absolute Gasteiger partial charge is 0.477 e. The van der Waals surface area contributed by atoms with E-state index >= 15 is 0 Å². The van der Waals surface area contributed by atoms with Gasteiger partial charge in [0.2, 0.25) is 0 Å². The van der Waals surface area contributed by atoms with Crippen LogP contribution >= 0.6 is 36.2 Å². The Labute approximate surface area is 111 Å². The second kappa shape index (κ2) is 8.78. The van der Waals surface area contributed by atoms with E-state index < -0.39 is 5.97 Å². The van der Waals surface area contributed by atoms with E-state index in [1.165, 1.54) is 11.3 Å². The molecule has 0 aliphatic rings. The summed E-state index contributed by atoms with van der Waals surface area (Å²) in [6.45, 7) is 1.43. The molecule has 3 N–H and O–H groups in total. The Morgan fingerprint density at radius 2 is 1.88 bits per heavy atom. The van der Waals surface area contributed by atoms with Crippen molar-refractivity contribution in [3.8, 4) is 0 Å². The molecular formula is C9H16Cl2N2O2S. The van der Waals surface area contributed by atoms with Crippen LogP contribution in [0.25, 0.3) is 0 Å². The van der Waals surface area contributed by atoms with Crippen molar-refractivity contribution >= 4 is 42.1 Å². The average molecular weight is 287 g/mol. The van der Waals surface area contributed by atoms with E-state index in [1.807, 2.05) is 14.1 Å². The van der Waals surface area contributed by atoms with E-state index in [4.69, 9.17) is 5.11 Å². The maximum Gasteiger partial charge on any atom is 0.345 e. The lowest BCUT2D eigenvalue weighted by atomic mass is 10.2. The normalized spacial score (nSPS) is 9.12. The standard InChI is InChI=1S/C9H14N2O2S.2ClH/c1-10-4-6-3-7(9(12)13)14-8(6)5-11-2;;/h3,10-11H,4-5H2,1-2H3,(H,12,13);2*1H. The number of nitrogens with one attached hydrogen (secondary N) is 2. The molecule has 0 bridgehead atoms. The summed E-state index contributed by atoms with van der Waals surface area (Å²) < 4.78 is 0. The van der Waals surface area contributed by atoms with E-state index in [-0.39, 0.29) is 24.8 Å². The molecule has 0 unspecified atom stereocenters. The topological polar surface area (TPSA) is 61.4 Å². The first-order valence-corrected chi connectivity index (χ1v) is 5.14. The Bertz CT molecular complexity index is 308. The molecule has 4 nitrogen and oxygen atoms in total. The van der Waals surface area contributed by atoms with Crippen LogP contribution in [0, 0.1) is 0 Å². The molecule has 0 atom stereocenters. The van der Waals surface area contributed by atoms with Gasteiger partial charge in [-0.1, -0.05) is 0 Å². The number of rotatable bonds is 5. The zero-order valence-corrected chi connectivity index (χ0v) is 11.5. The Morgan fingerprint density at radius 3 is 2.31 bits per heavy atom. The van der Waals surface area contributed by atoms with Crippen LogP contribution in [0.15, 0.2) is 6.07 Å². The molecule has 16 heavy (non-hydrogen) atoms. The highest BCUT2D eigenvalue weighted by Crippen LogP contribution is 2.22. The number of aromatic carboxylic acids is 1. The van der Waals surface area contributed by atoms with Gasteiger partial charge in [-0.3, -0.25) is 0 Å². The summed E-state index contributed by atoms with van der Waals surface area (Å²) in [7, 11) is 3.70. The van der Waals surface area contributed by atoms with E-state index in [0.717, 1.165) is 17.0 Å². The predicted octanol–water partition coefficient (Wildman–Crippen LogP) is 1.73. The minimum absolute atomic E-state index is 0. The van der Waals surface area contributed by atoms with Crippen LogP contribution in [-0.4, -0.2) is 25.2 Å². The molecule has 1 rings (SSSR count). The van der Waals surface area contributed by atoms with Gasteiger partial charge in [0.15, 0.2) is 0 Å². The second-order valence-electron chi connectivity index (χ2n) is 2.92. The molecule has 1 aromatic heterocycles. The van der Waals surface area contributed by atoms with Crippen molar-refractivity contribution in [1.82, 2.24) is 10.6 Å². The fourth-order valence-corrected chi connectivity index (χ4v) is 2.25. The molecule has 1 aromatic rings. The van der Waals surface area contributed by atoms with Gasteiger partial charge in [0.1, 0.15) is 4.88 Å². The quantitative estimate of drug-likeness (QED) is 0.772. The molecular weight excluding hydrogens is 271 g/mol. The summed E-state index contributed by atoms with van der Waals surface area (Å²) in [6, 6.07) is 1.73. The first-order chi connectivity index (χ1) is 6.69. The molecule has 0 aromatic carbocycles. The van der Waals surface area contributed by atoms with Gasteiger partial charge in [-0.2, -0.15) is 0 Å². The number of carbonyl (C=O) groups is 1. The lowest BCUT2D eigenvalue weighted by Crippen LogP contribution is -2.09. The number of thiophene rings is 1. The molecule has 0 amide bonds. The van der Waals surface area contributed by atoms with Crippen LogP contribution in [0.1, 0.15) is 20.1 Å². The number of hydrogen-bond acceptors (Lipinski definition) is 4. The van der Waals surface area contributed by atoms with Gasteiger partial charge < -0.3 is 15.7 Å². The van der Waals surface area contributed by atoms with E-state index in [9.17, 15) is 4.79 Å². The zero-order valence-electron chi connectivity index (χ0n) is 9.07. The predicted molar refractivity (Wildman–Crippen MR) is 71.3 cm³/mol. The zero-order chi connectivity index (χ0) is 10.6. The SMILES string of the molecule is CNCc1cc(C(=O)O)sc1CNC.Cl.Cl. The van der Waals surface area contributed by atoms with Crippen molar-refractivity contribution in [1.29, 1.82) is 0 Å². The molecule has 0 saturated carbocycles. The Kier molecular flexibility index (Phi) is 9.90. The molecule has 0 radical (unpaired) electrons. The van der Waals surface area contributed by atoms with E-state index in [2.05, 4.69) is 10.6 Å². The summed E-state index contributed by atoms with van der Waals surface area (Å²) in [5.41, 5.74) is 1.06. The summed E-state index contributed by atoms with van der Waals surface area (Å²) in [5, 5.41) is 14.9. The highest BCUT2D eigenvalue weighted by molar-refractivity contribution is 7.14. The Balaban J connectivity index is 0. The number of carboxylic acids is 1. The minimum Gasteiger partial charge on any atom is -0.477 e. The monoisotopic (exact) mass is 286 g/mol. The number of hydrogen-bond donors (Lipinski definition) is 3. The van der Waals surface area contributed by atoms with Crippen molar-refractivity contribution in [2.45, 2.75) is 13.1 Å². The van der Waals surface area contributed by atoms with Gasteiger partial charge in [-0.15, -0.1) is 36.2 Å². The first kappa shape index (κ1) is 18.0. The summed E-state index contributed by atoms with van der Waals surface area (Å²) >= 11 is 1.33. The molecule has 7 heteroatoms. The fourth-order valence-electron chi connectivity index (χ4n) is 1.22. The van der Waals surface area contributed by atoms with Gasteiger partial charge in [-0.05, 0) is 25.7 Å². The molecule has 0 fully saturated rings. The second-order valence-corrected chi connectivity index (χ2v) is 4.06. The third-order valence-electron chi connectivity index (χ3n) is 1.81. The fraction of sp³-hybridized carbons (Fsp3) is 0.444.